The van der Waals surface area contributed by atoms with Crippen molar-refractivity contribution < 1.29 is 17.9 Å². The Hall–Kier alpha value is -1.97. The van der Waals surface area contributed by atoms with Gasteiger partial charge < -0.3 is 4.74 Å². The summed E-state index contributed by atoms with van der Waals surface area (Å²) in [6, 6.07) is 8.09. The van der Waals surface area contributed by atoms with Gasteiger partial charge in [0.05, 0.1) is 5.56 Å². The second-order valence-corrected chi connectivity index (χ2v) is 5.89. The van der Waals surface area contributed by atoms with Crippen LogP contribution < -0.4 is 4.74 Å². The molecule has 0 spiro atoms. The van der Waals surface area contributed by atoms with Crippen LogP contribution in [-0.2, 0) is 12.6 Å². The number of aryl methyl sites for hydroxylation is 1. The quantitative estimate of drug-likeness (QED) is 0.693. The molecule has 0 bridgehead atoms. The summed E-state index contributed by atoms with van der Waals surface area (Å²) >= 11 is 0. The number of benzene rings is 2. The Bertz CT molecular complexity index is 732. The molecule has 116 valence electrons. The van der Waals surface area contributed by atoms with Gasteiger partial charge in [0, 0.05) is 12.0 Å². The van der Waals surface area contributed by atoms with E-state index >= 15 is 0 Å². The molecule has 2 aromatic carbocycles. The maximum absolute atomic E-state index is 13.2. The van der Waals surface area contributed by atoms with Gasteiger partial charge in [-0.1, -0.05) is 18.2 Å². The van der Waals surface area contributed by atoms with Crippen LogP contribution in [-0.4, -0.2) is 6.10 Å². The van der Waals surface area contributed by atoms with Gasteiger partial charge in [-0.05, 0) is 55.2 Å². The molecular formula is C18H17F3O. The van der Waals surface area contributed by atoms with E-state index in [4.69, 9.17) is 4.74 Å². The summed E-state index contributed by atoms with van der Waals surface area (Å²) in [5.41, 5.74) is 3.40. The van der Waals surface area contributed by atoms with Crippen LogP contribution >= 0.6 is 0 Å². The van der Waals surface area contributed by atoms with E-state index in [9.17, 15) is 13.2 Å². The molecule has 0 N–H and O–H groups in total. The minimum Gasteiger partial charge on any atom is -0.489 e. The van der Waals surface area contributed by atoms with E-state index in [1.807, 2.05) is 39.0 Å². The first-order valence-corrected chi connectivity index (χ1v) is 7.24. The average molecular weight is 306 g/mol. The summed E-state index contributed by atoms with van der Waals surface area (Å²) in [6.45, 7) is 5.76. The monoisotopic (exact) mass is 306 g/mol. The highest BCUT2D eigenvalue weighted by Crippen LogP contribution is 2.44. The molecule has 0 saturated carbocycles. The fraction of sp³-hybridized carbons (Fsp3) is 0.333. The molecule has 1 unspecified atom stereocenters. The van der Waals surface area contributed by atoms with Crippen molar-refractivity contribution in [2.75, 3.05) is 0 Å². The first-order valence-electron chi connectivity index (χ1n) is 7.24. The van der Waals surface area contributed by atoms with Crippen molar-refractivity contribution in [2.24, 2.45) is 0 Å². The molecule has 1 nitrogen and oxygen atoms in total. The Kier molecular flexibility index (Phi) is 3.42. The lowest BCUT2D eigenvalue weighted by atomic mass is 9.93. The van der Waals surface area contributed by atoms with Crippen molar-refractivity contribution in [1.82, 2.24) is 0 Å². The van der Waals surface area contributed by atoms with Crippen molar-refractivity contribution in [2.45, 2.75) is 39.5 Å². The SMILES string of the molecule is Cc1cccc(-c2cc(C(F)(F)F)cc3c2OC(C)C3)c1C. The Morgan fingerprint density at radius 3 is 2.50 bits per heavy atom. The fourth-order valence-corrected chi connectivity index (χ4v) is 2.94. The first kappa shape index (κ1) is 14.9. The van der Waals surface area contributed by atoms with Crippen molar-refractivity contribution in [3.05, 3.63) is 52.6 Å². The van der Waals surface area contributed by atoms with Gasteiger partial charge in [-0.25, -0.2) is 0 Å². The summed E-state index contributed by atoms with van der Waals surface area (Å²) in [6.07, 6.45) is -3.94. The lowest BCUT2D eigenvalue weighted by Gasteiger charge is -2.16. The van der Waals surface area contributed by atoms with Gasteiger partial charge in [0.15, 0.2) is 0 Å². The Labute approximate surface area is 127 Å². The molecule has 0 aromatic heterocycles. The number of fused-ring (bicyclic) bond motifs is 1. The van der Waals surface area contributed by atoms with Crippen LogP contribution in [0.1, 0.15) is 29.2 Å². The Morgan fingerprint density at radius 1 is 1.09 bits per heavy atom. The predicted octanol–water partition coefficient (Wildman–Crippen LogP) is 5.31. The normalized spacial score (nSPS) is 17.3. The van der Waals surface area contributed by atoms with Gasteiger partial charge in [-0.3, -0.25) is 0 Å². The maximum Gasteiger partial charge on any atom is 0.416 e. The van der Waals surface area contributed by atoms with Crippen LogP contribution in [0.3, 0.4) is 0 Å². The maximum atomic E-state index is 13.2. The molecule has 0 fully saturated rings. The molecule has 2 aromatic rings. The van der Waals surface area contributed by atoms with Crippen LogP contribution in [0.25, 0.3) is 11.1 Å². The Morgan fingerprint density at radius 2 is 1.82 bits per heavy atom. The third-order valence-corrected chi connectivity index (χ3v) is 4.21. The highest BCUT2D eigenvalue weighted by atomic mass is 19.4. The van der Waals surface area contributed by atoms with Crippen molar-refractivity contribution in [1.29, 1.82) is 0 Å². The summed E-state index contributed by atoms with van der Waals surface area (Å²) in [4.78, 5) is 0. The predicted molar refractivity (Wildman–Crippen MR) is 80.1 cm³/mol. The van der Waals surface area contributed by atoms with E-state index in [0.717, 1.165) is 16.7 Å². The molecule has 0 aliphatic carbocycles. The molecule has 4 heteroatoms. The van der Waals surface area contributed by atoms with Crippen molar-refractivity contribution in [3.63, 3.8) is 0 Å². The second kappa shape index (κ2) is 5.04. The van der Waals surface area contributed by atoms with Crippen molar-refractivity contribution >= 4 is 0 Å². The number of hydrogen-bond donors (Lipinski definition) is 0. The summed E-state index contributed by atoms with van der Waals surface area (Å²) < 4.78 is 45.4. The number of rotatable bonds is 1. The zero-order valence-corrected chi connectivity index (χ0v) is 12.7. The number of hydrogen-bond acceptors (Lipinski definition) is 1. The topological polar surface area (TPSA) is 9.23 Å². The van der Waals surface area contributed by atoms with Gasteiger partial charge in [0.25, 0.3) is 0 Å². The summed E-state index contributed by atoms with van der Waals surface area (Å²) in [5.74, 6) is 0.592. The molecule has 1 atom stereocenters. The average Bonchev–Trinajstić information content (AvgIpc) is 2.80. The first-order chi connectivity index (χ1) is 10.3. The van der Waals surface area contributed by atoms with E-state index in [1.165, 1.54) is 12.1 Å². The van der Waals surface area contributed by atoms with Crippen LogP contribution in [0, 0.1) is 13.8 Å². The van der Waals surface area contributed by atoms with Crippen LogP contribution in [0.2, 0.25) is 0 Å². The largest absolute Gasteiger partial charge is 0.489 e. The van der Waals surface area contributed by atoms with Crippen LogP contribution in [0.5, 0.6) is 5.75 Å². The van der Waals surface area contributed by atoms with Gasteiger partial charge in [0.1, 0.15) is 11.9 Å². The zero-order chi connectivity index (χ0) is 16.1. The molecule has 22 heavy (non-hydrogen) atoms. The smallest absolute Gasteiger partial charge is 0.416 e. The molecule has 1 heterocycles. The van der Waals surface area contributed by atoms with Gasteiger partial charge in [-0.15, -0.1) is 0 Å². The van der Waals surface area contributed by atoms with Gasteiger partial charge in [0.2, 0.25) is 0 Å². The Balaban J connectivity index is 2.27. The van der Waals surface area contributed by atoms with E-state index in [2.05, 4.69) is 0 Å². The molecule has 0 saturated heterocycles. The van der Waals surface area contributed by atoms with E-state index in [-0.39, 0.29) is 6.10 Å². The third-order valence-electron chi connectivity index (χ3n) is 4.21. The molecule has 1 aliphatic rings. The fourth-order valence-electron chi connectivity index (χ4n) is 2.94. The zero-order valence-electron chi connectivity index (χ0n) is 12.7. The number of alkyl halides is 3. The molecule has 3 rings (SSSR count). The van der Waals surface area contributed by atoms with E-state index < -0.39 is 11.7 Å². The molecule has 0 amide bonds. The lowest BCUT2D eigenvalue weighted by Crippen LogP contribution is -2.06. The third kappa shape index (κ3) is 2.47. The van der Waals surface area contributed by atoms with Crippen LogP contribution in [0.15, 0.2) is 30.3 Å². The minimum atomic E-state index is -4.35. The van der Waals surface area contributed by atoms with Crippen LogP contribution in [0.4, 0.5) is 13.2 Å². The van der Waals surface area contributed by atoms with Crippen molar-refractivity contribution in [3.8, 4) is 16.9 Å². The lowest BCUT2D eigenvalue weighted by molar-refractivity contribution is -0.137. The minimum absolute atomic E-state index is 0.0950. The van der Waals surface area contributed by atoms with E-state index in [1.54, 1.807) is 0 Å². The molecular weight excluding hydrogens is 289 g/mol. The molecule has 0 radical (unpaired) electrons. The highest BCUT2D eigenvalue weighted by molar-refractivity contribution is 5.77. The summed E-state index contributed by atoms with van der Waals surface area (Å²) in [7, 11) is 0. The number of halogens is 3. The van der Waals surface area contributed by atoms with Gasteiger partial charge >= 0.3 is 6.18 Å². The summed E-state index contributed by atoms with van der Waals surface area (Å²) in [5, 5.41) is 0. The highest BCUT2D eigenvalue weighted by Gasteiger charge is 2.34. The molecule has 1 aliphatic heterocycles. The van der Waals surface area contributed by atoms with Gasteiger partial charge in [-0.2, -0.15) is 13.2 Å². The van der Waals surface area contributed by atoms with E-state index in [0.29, 0.717) is 23.3 Å². The standard InChI is InChI=1S/C18H17F3O/c1-10-5-4-6-15(12(10)3)16-9-14(18(19,20)21)8-13-7-11(2)22-17(13)16/h4-6,8-9,11H,7H2,1-3H3. The number of ether oxygens (including phenoxy) is 1. The second-order valence-electron chi connectivity index (χ2n) is 5.89.